The lowest BCUT2D eigenvalue weighted by Gasteiger charge is -2.22. The van der Waals surface area contributed by atoms with Crippen molar-refractivity contribution in [1.82, 2.24) is 24.5 Å². The van der Waals surface area contributed by atoms with Crippen molar-refractivity contribution in [3.8, 4) is 17.0 Å². The van der Waals surface area contributed by atoms with Gasteiger partial charge < -0.3 is 9.84 Å². The van der Waals surface area contributed by atoms with Crippen molar-refractivity contribution in [2.24, 2.45) is 7.05 Å². The quantitative estimate of drug-likeness (QED) is 0.586. The molecule has 2 bridgehead atoms. The van der Waals surface area contributed by atoms with Gasteiger partial charge in [-0.05, 0) is 70.0 Å². The Morgan fingerprint density at radius 2 is 1.91 bits per heavy atom. The SMILES string of the molecule is C=C1/C=C/c2c(nn(CC(C)(C)O)c2C)CN(C)CC(C)Oc2c(cnn2C)-c2ccc(C)c1c2. The number of rotatable bonds is 2. The van der Waals surface area contributed by atoms with Crippen LogP contribution in [0.2, 0.25) is 0 Å². The van der Waals surface area contributed by atoms with Gasteiger partial charge in [0.1, 0.15) is 6.10 Å². The molecule has 0 saturated heterocycles. The lowest BCUT2D eigenvalue weighted by atomic mass is 9.96. The Balaban J connectivity index is 1.83. The minimum absolute atomic E-state index is 0.0577. The molecule has 1 N–H and O–H groups in total. The minimum atomic E-state index is -0.859. The van der Waals surface area contributed by atoms with E-state index in [2.05, 4.69) is 74.7 Å². The van der Waals surface area contributed by atoms with Crippen LogP contribution in [-0.4, -0.2) is 54.9 Å². The molecule has 7 nitrogen and oxygen atoms in total. The van der Waals surface area contributed by atoms with Gasteiger partial charge in [0.15, 0.2) is 0 Å². The van der Waals surface area contributed by atoms with Gasteiger partial charge in [-0.2, -0.15) is 10.2 Å². The smallest absolute Gasteiger partial charge is 0.219 e. The molecule has 0 saturated carbocycles. The highest BCUT2D eigenvalue weighted by Crippen LogP contribution is 2.34. The molecule has 0 aliphatic carbocycles. The Hall–Kier alpha value is -3.16. The molecule has 186 valence electrons. The van der Waals surface area contributed by atoms with Crippen molar-refractivity contribution in [1.29, 1.82) is 0 Å². The number of fused-ring (bicyclic) bond motifs is 5. The maximum Gasteiger partial charge on any atom is 0.219 e. The van der Waals surface area contributed by atoms with Crippen molar-refractivity contribution >= 4 is 11.6 Å². The van der Waals surface area contributed by atoms with E-state index in [4.69, 9.17) is 9.84 Å². The molecule has 2 aromatic heterocycles. The van der Waals surface area contributed by atoms with Crippen LogP contribution in [0.5, 0.6) is 5.88 Å². The van der Waals surface area contributed by atoms with Gasteiger partial charge >= 0.3 is 0 Å². The van der Waals surface area contributed by atoms with Crippen LogP contribution in [0.3, 0.4) is 0 Å². The number of aryl methyl sites for hydroxylation is 2. The number of likely N-dealkylation sites (N-methyl/N-ethyl adjacent to an activating group) is 1. The van der Waals surface area contributed by atoms with Gasteiger partial charge in [0.25, 0.3) is 0 Å². The Labute approximate surface area is 208 Å². The zero-order valence-electron chi connectivity index (χ0n) is 22.0. The Morgan fingerprint density at radius 1 is 1.17 bits per heavy atom. The van der Waals surface area contributed by atoms with Gasteiger partial charge in [-0.25, -0.2) is 4.68 Å². The van der Waals surface area contributed by atoms with E-state index in [1.54, 1.807) is 18.5 Å². The van der Waals surface area contributed by atoms with Crippen molar-refractivity contribution in [2.45, 2.75) is 59.4 Å². The first-order chi connectivity index (χ1) is 16.4. The van der Waals surface area contributed by atoms with Crippen molar-refractivity contribution < 1.29 is 9.84 Å². The molecule has 3 aromatic rings. The Bertz CT molecular complexity index is 1280. The normalized spacial score (nSPS) is 18.3. The third-order valence-electron chi connectivity index (χ3n) is 6.40. The summed E-state index contributed by atoms with van der Waals surface area (Å²) >= 11 is 0. The van der Waals surface area contributed by atoms with Crippen LogP contribution in [0.15, 0.2) is 37.1 Å². The number of ether oxygens (including phenoxy) is 1. The van der Waals surface area contributed by atoms with Crippen LogP contribution in [0.25, 0.3) is 22.8 Å². The van der Waals surface area contributed by atoms with Crippen LogP contribution in [0.1, 0.15) is 48.8 Å². The summed E-state index contributed by atoms with van der Waals surface area (Å²) < 4.78 is 10.1. The zero-order valence-corrected chi connectivity index (χ0v) is 22.0. The lowest BCUT2D eigenvalue weighted by molar-refractivity contribution is 0.0568. The molecule has 1 aliphatic rings. The molecular formula is C28H37N5O2. The molecule has 1 aliphatic heterocycles. The molecule has 0 spiro atoms. The monoisotopic (exact) mass is 475 g/mol. The predicted molar refractivity (Wildman–Crippen MR) is 141 cm³/mol. The number of aliphatic hydroxyl groups is 1. The van der Waals surface area contributed by atoms with E-state index in [0.29, 0.717) is 13.1 Å². The molecule has 3 heterocycles. The van der Waals surface area contributed by atoms with Crippen LogP contribution in [0.4, 0.5) is 0 Å². The lowest BCUT2D eigenvalue weighted by Crippen LogP contribution is -2.31. The van der Waals surface area contributed by atoms with E-state index in [1.807, 2.05) is 17.9 Å². The number of hydrogen-bond donors (Lipinski definition) is 1. The number of benzene rings is 1. The molecule has 1 aromatic carbocycles. The highest BCUT2D eigenvalue weighted by molar-refractivity contribution is 5.82. The first-order valence-corrected chi connectivity index (χ1v) is 12.1. The van der Waals surface area contributed by atoms with E-state index in [1.165, 1.54) is 0 Å². The standard InChI is InChI=1S/C28H37N5O2/c1-18-9-11-22-13-24(18)19(2)10-12-23-21(4)33(17-28(5,6)34)30-26(23)16-31(7)15-20(3)35-27-25(22)14-29-32(27)8/h9-14,20,34H,2,15-17H2,1,3-8H3/b12-10+. The first-order valence-electron chi connectivity index (χ1n) is 12.1. The largest absolute Gasteiger partial charge is 0.473 e. The maximum atomic E-state index is 10.4. The van der Waals surface area contributed by atoms with Gasteiger partial charge in [0.2, 0.25) is 5.88 Å². The molecule has 7 heteroatoms. The van der Waals surface area contributed by atoms with Crippen LogP contribution >= 0.6 is 0 Å². The van der Waals surface area contributed by atoms with Gasteiger partial charge in [0, 0.05) is 31.4 Å². The fourth-order valence-corrected chi connectivity index (χ4v) is 4.64. The molecule has 1 atom stereocenters. The summed E-state index contributed by atoms with van der Waals surface area (Å²) in [7, 11) is 3.98. The molecule has 0 fully saturated rings. The van der Waals surface area contributed by atoms with E-state index in [9.17, 15) is 5.11 Å². The zero-order chi connectivity index (χ0) is 25.5. The van der Waals surface area contributed by atoms with Crippen LogP contribution in [0, 0.1) is 13.8 Å². The summed E-state index contributed by atoms with van der Waals surface area (Å²) in [6, 6.07) is 6.39. The van der Waals surface area contributed by atoms with Crippen molar-refractivity contribution in [3.05, 3.63) is 65.1 Å². The molecule has 0 radical (unpaired) electrons. The fraction of sp³-hybridized carbons (Fsp3) is 0.429. The second kappa shape index (κ2) is 9.47. The average molecular weight is 476 g/mol. The van der Waals surface area contributed by atoms with E-state index in [-0.39, 0.29) is 6.10 Å². The Kier molecular flexibility index (Phi) is 6.75. The third-order valence-corrected chi connectivity index (χ3v) is 6.40. The summed E-state index contributed by atoms with van der Waals surface area (Å²) in [5, 5.41) is 19.8. The van der Waals surface area contributed by atoms with Gasteiger partial charge in [-0.15, -0.1) is 0 Å². The molecule has 1 unspecified atom stereocenters. The maximum absolute atomic E-state index is 10.4. The number of nitrogens with zero attached hydrogens (tertiary/aromatic N) is 5. The topological polar surface area (TPSA) is 68.3 Å². The van der Waals surface area contributed by atoms with Gasteiger partial charge in [-0.1, -0.05) is 30.9 Å². The number of allylic oxidation sites excluding steroid dienone is 2. The highest BCUT2D eigenvalue weighted by Gasteiger charge is 2.22. The van der Waals surface area contributed by atoms with Crippen molar-refractivity contribution in [3.63, 3.8) is 0 Å². The summed E-state index contributed by atoms with van der Waals surface area (Å²) in [6.45, 7) is 16.0. The molecule has 0 amide bonds. The second-order valence-electron chi connectivity index (χ2n) is 10.4. The highest BCUT2D eigenvalue weighted by atomic mass is 16.5. The summed E-state index contributed by atoms with van der Waals surface area (Å²) in [5.41, 5.74) is 7.37. The van der Waals surface area contributed by atoms with Gasteiger partial charge in [0.05, 0.1) is 29.6 Å². The minimum Gasteiger partial charge on any atom is -0.473 e. The van der Waals surface area contributed by atoms with E-state index < -0.39 is 5.60 Å². The molecule has 4 rings (SSSR count). The average Bonchev–Trinajstić information content (AvgIpc) is 3.24. The van der Waals surface area contributed by atoms with E-state index >= 15 is 0 Å². The third kappa shape index (κ3) is 5.41. The molecular weight excluding hydrogens is 438 g/mol. The first kappa shape index (κ1) is 24.9. The predicted octanol–water partition coefficient (Wildman–Crippen LogP) is 4.61. The van der Waals surface area contributed by atoms with Crippen molar-refractivity contribution in [2.75, 3.05) is 13.6 Å². The number of hydrogen-bond acceptors (Lipinski definition) is 5. The van der Waals surface area contributed by atoms with Gasteiger partial charge in [-0.3, -0.25) is 9.58 Å². The van der Waals surface area contributed by atoms with Crippen LogP contribution in [-0.2, 0) is 20.1 Å². The Morgan fingerprint density at radius 3 is 2.63 bits per heavy atom. The summed E-state index contributed by atoms with van der Waals surface area (Å²) in [6.07, 6.45) is 5.98. The summed E-state index contributed by atoms with van der Waals surface area (Å²) in [4.78, 5) is 2.22. The van der Waals surface area contributed by atoms with E-state index in [0.717, 1.165) is 57.2 Å². The molecule has 35 heavy (non-hydrogen) atoms. The second-order valence-corrected chi connectivity index (χ2v) is 10.4. The summed E-state index contributed by atoms with van der Waals surface area (Å²) in [5.74, 6) is 0.753. The fourth-order valence-electron chi connectivity index (χ4n) is 4.64. The van der Waals surface area contributed by atoms with Crippen LogP contribution < -0.4 is 4.74 Å². The number of aromatic nitrogens is 4.